The van der Waals surface area contributed by atoms with Crippen LogP contribution in [0.3, 0.4) is 0 Å². The van der Waals surface area contributed by atoms with Crippen LogP contribution in [0.15, 0.2) is 24.3 Å². The van der Waals surface area contributed by atoms with Crippen molar-refractivity contribution in [1.29, 1.82) is 0 Å². The van der Waals surface area contributed by atoms with E-state index in [1.807, 2.05) is 45.4 Å². The summed E-state index contributed by atoms with van der Waals surface area (Å²) in [6.07, 6.45) is 0.982. The summed E-state index contributed by atoms with van der Waals surface area (Å²) in [4.78, 5) is 16.0. The van der Waals surface area contributed by atoms with Crippen LogP contribution in [0.4, 0.5) is 0 Å². The second-order valence-corrected chi connectivity index (χ2v) is 4.78. The van der Waals surface area contributed by atoms with E-state index in [0.717, 1.165) is 30.6 Å². The van der Waals surface area contributed by atoms with E-state index in [9.17, 15) is 4.79 Å². The molecule has 1 aromatic carbocycles. The highest BCUT2D eigenvalue weighted by Gasteiger charge is 2.10. The van der Waals surface area contributed by atoms with Gasteiger partial charge in [-0.05, 0) is 44.8 Å². The average Bonchev–Trinajstić information content (AvgIpc) is 2.37. The molecule has 0 fully saturated rings. The first kappa shape index (κ1) is 14.7. The molecule has 2 N–H and O–H groups in total. The lowest BCUT2D eigenvalue weighted by molar-refractivity contribution is 0.0790. The zero-order valence-corrected chi connectivity index (χ0v) is 11.5. The van der Waals surface area contributed by atoms with E-state index in [2.05, 4.69) is 4.90 Å². The molecule has 0 aromatic heterocycles. The van der Waals surface area contributed by atoms with Gasteiger partial charge in [-0.2, -0.15) is 0 Å². The summed E-state index contributed by atoms with van der Waals surface area (Å²) in [6, 6.07) is 7.49. The average molecular weight is 249 g/mol. The lowest BCUT2D eigenvalue weighted by Gasteiger charge is -2.18. The minimum atomic E-state index is 0.0670. The lowest BCUT2D eigenvalue weighted by Crippen LogP contribution is -2.29. The van der Waals surface area contributed by atoms with Gasteiger partial charge in [-0.1, -0.05) is 12.1 Å². The summed E-state index contributed by atoms with van der Waals surface area (Å²) < 4.78 is 0. The fraction of sp³-hybridized carbons (Fsp3) is 0.500. The maximum atomic E-state index is 12.1. The van der Waals surface area contributed by atoms with Gasteiger partial charge in [0.25, 0.3) is 5.91 Å². The van der Waals surface area contributed by atoms with Crippen molar-refractivity contribution in [3.05, 3.63) is 35.4 Å². The quantitative estimate of drug-likeness (QED) is 0.823. The molecule has 0 aliphatic rings. The van der Waals surface area contributed by atoms with Crippen molar-refractivity contribution >= 4 is 5.91 Å². The molecular formula is C14H23N3O. The number of benzene rings is 1. The van der Waals surface area contributed by atoms with Crippen molar-refractivity contribution in [1.82, 2.24) is 9.80 Å². The molecule has 4 heteroatoms. The highest BCUT2D eigenvalue weighted by atomic mass is 16.2. The number of nitrogens with two attached hydrogens (primary N) is 1. The van der Waals surface area contributed by atoms with Crippen LogP contribution in [0.2, 0.25) is 0 Å². The summed E-state index contributed by atoms with van der Waals surface area (Å²) in [7, 11) is 5.91. The van der Waals surface area contributed by atoms with Crippen molar-refractivity contribution in [3.63, 3.8) is 0 Å². The number of rotatable bonds is 6. The Kier molecular flexibility index (Phi) is 5.82. The number of carbonyl (C=O) groups excluding carboxylic acids is 1. The molecule has 0 saturated heterocycles. The van der Waals surface area contributed by atoms with Gasteiger partial charge in [-0.3, -0.25) is 4.79 Å². The van der Waals surface area contributed by atoms with Gasteiger partial charge in [0, 0.05) is 25.7 Å². The molecule has 18 heavy (non-hydrogen) atoms. The van der Waals surface area contributed by atoms with Crippen molar-refractivity contribution in [3.8, 4) is 0 Å². The van der Waals surface area contributed by atoms with Gasteiger partial charge in [-0.25, -0.2) is 0 Å². The minimum absolute atomic E-state index is 0.0670. The molecule has 0 unspecified atom stereocenters. The molecule has 0 radical (unpaired) electrons. The Labute approximate surface area is 109 Å². The van der Waals surface area contributed by atoms with Crippen LogP contribution >= 0.6 is 0 Å². The van der Waals surface area contributed by atoms with E-state index in [1.54, 1.807) is 4.90 Å². The molecule has 1 rings (SSSR count). The molecule has 0 heterocycles. The standard InChI is InChI=1S/C14H23N3O/c1-16(2)9-4-10-17(3)14(18)13-7-5-12(11-15)6-8-13/h5-8H,4,9-11,15H2,1-3H3. The first-order chi connectivity index (χ1) is 8.54. The van der Waals surface area contributed by atoms with Gasteiger partial charge in [0.05, 0.1) is 0 Å². The summed E-state index contributed by atoms with van der Waals surface area (Å²) in [5.41, 5.74) is 7.29. The molecule has 0 atom stereocenters. The summed E-state index contributed by atoms with van der Waals surface area (Å²) >= 11 is 0. The van der Waals surface area contributed by atoms with Gasteiger partial charge >= 0.3 is 0 Å². The second-order valence-electron chi connectivity index (χ2n) is 4.78. The molecule has 0 saturated carbocycles. The zero-order valence-electron chi connectivity index (χ0n) is 11.5. The number of amides is 1. The van der Waals surface area contributed by atoms with Crippen molar-refractivity contribution in [2.45, 2.75) is 13.0 Å². The molecule has 1 amide bonds. The van der Waals surface area contributed by atoms with E-state index < -0.39 is 0 Å². The van der Waals surface area contributed by atoms with Crippen LogP contribution in [-0.2, 0) is 6.54 Å². The largest absolute Gasteiger partial charge is 0.342 e. The summed E-state index contributed by atoms with van der Waals surface area (Å²) in [5, 5.41) is 0. The predicted octanol–water partition coefficient (Wildman–Crippen LogP) is 1.17. The minimum Gasteiger partial charge on any atom is -0.342 e. The molecule has 0 aliphatic carbocycles. The van der Waals surface area contributed by atoms with Crippen LogP contribution in [0.5, 0.6) is 0 Å². The van der Waals surface area contributed by atoms with Crippen LogP contribution in [0, 0.1) is 0 Å². The summed E-state index contributed by atoms with van der Waals surface area (Å²) in [6.45, 7) is 2.27. The highest BCUT2D eigenvalue weighted by Crippen LogP contribution is 2.07. The van der Waals surface area contributed by atoms with Gasteiger partial charge in [0.15, 0.2) is 0 Å². The van der Waals surface area contributed by atoms with Crippen LogP contribution in [0.25, 0.3) is 0 Å². The topological polar surface area (TPSA) is 49.6 Å². The summed E-state index contributed by atoms with van der Waals surface area (Å²) in [5.74, 6) is 0.0670. The van der Waals surface area contributed by atoms with Gasteiger partial charge in [0.1, 0.15) is 0 Å². The maximum Gasteiger partial charge on any atom is 0.253 e. The third-order valence-electron chi connectivity index (χ3n) is 2.88. The number of carbonyl (C=O) groups is 1. The maximum absolute atomic E-state index is 12.1. The molecule has 0 spiro atoms. The van der Waals surface area contributed by atoms with E-state index in [1.165, 1.54) is 0 Å². The SMILES string of the molecule is CN(C)CCCN(C)C(=O)c1ccc(CN)cc1. The Morgan fingerprint density at radius 3 is 2.22 bits per heavy atom. The first-order valence-electron chi connectivity index (χ1n) is 6.23. The highest BCUT2D eigenvalue weighted by molar-refractivity contribution is 5.94. The fourth-order valence-electron chi connectivity index (χ4n) is 1.73. The van der Waals surface area contributed by atoms with Crippen molar-refractivity contribution in [2.75, 3.05) is 34.2 Å². The van der Waals surface area contributed by atoms with Crippen molar-refractivity contribution in [2.24, 2.45) is 5.73 Å². The number of nitrogens with zero attached hydrogens (tertiary/aromatic N) is 2. The van der Waals surface area contributed by atoms with E-state index in [0.29, 0.717) is 6.54 Å². The lowest BCUT2D eigenvalue weighted by atomic mass is 10.1. The van der Waals surface area contributed by atoms with Gasteiger partial charge in [0.2, 0.25) is 0 Å². The van der Waals surface area contributed by atoms with Gasteiger partial charge in [-0.15, -0.1) is 0 Å². The Bertz CT molecular complexity index is 373. The number of hydrogen-bond donors (Lipinski definition) is 1. The molecule has 1 aromatic rings. The van der Waals surface area contributed by atoms with Crippen LogP contribution in [-0.4, -0.2) is 49.9 Å². The second kappa shape index (κ2) is 7.13. The Morgan fingerprint density at radius 1 is 1.11 bits per heavy atom. The molecule has 0 aliphatic heterocycles. The zero-order chi connectivity index (χ0) is 13.5. The van der Waals surface area contributed by atoms with E-state index in [4.69, 9.17) is 5.73 Å². The Balaban J connectivity index is 2.51. The van der Waals surface area contributed by atoms with Crippen LogP contribution < -0.4 is 5.73 Å². The molecule has 100 valence electrons. The number of hydrogen-bond acceptors (Lipinski definition) is 3. The van der Waals surface area contributed by atoms with E-state index in [-0.39, 0.29) is 5.91 Å². The monoisotopic (exact) mass is 249 g/mol. The normalized spacial score (nSPS) is 10.7. The predicted molar refractivity (Wildman–Crippen MR) is 74.5 cm³/mol. The fourth-order valence-corrected chi connectivity index (χ4v) is 1.73. The third kappa shape index (κ3) is 4.47. The Morgan fingerprint density at radius 2 is 1.72 bits per heavy atom. The van der Waals surface area contributed by atoms with E-state index >= 15 is 0 Å². The molecular weight excluding hydrogens is 226 g/mol. The molecule has 0 bridgehead atoms. The van der Waals surface area contributed by atoms with Gasteiger partial charge < -0.3 is 15.5 Å². The van der Waals surface area contributed by atoms with Crippen molar-refractivity contribution < 1.29 is 4.79 Å². The Hall–Kier alpha value is -1.39. The smallest absolute Gasteiger partial charge is 0.253 e. The van der Waals surface area contributed by atoms with Crippen LogP contribution in [0.1, 0.15) is 22.3 Å². The molecule has 4 nitrogen and oxygen atoms in total. The third-order valence-corrected chi connectivity index (χ3v) is 2.88. The first-order valence-corrected chi connectivity index (χ1v) is 6.23.